The van der Waals surface area contributed by atoms with Gasteiger partial charge in [-0.25, -0.2) is 14.4 Å². The molecule has 7 nitrogen and oxygen atoms in total. The molecule has 3 aromatic heterocycles. The normalized spacial score (nSPS) is 13.1. The number of anilines is 2. The van der Waals surface area contributed by atoms with Gasteiger partial charge in [-0.05, 0) is 51.5 Å². The number of carbonyl (C=O) groups excluding carboxylic acids is 1. The highest BCUT2D eigenvalue weighted by Crippen LogP contribution is 2.38. The first-order chi connectivity index (χ1) is 15.3. The van der Waals surface area contributed by atoms with Gasteiger partial charge in [0.2, 0.25) is 5.91 Å². The molecular weight excluding hydrogens is 407 g/mol. The Balaban J connectivity index is 1.53. The maximum Gasteiger partial charge on any atom is 0.233 e. The molecule has 4 aromatic rings. The number of nitrogens with zero attached hydrogens (tertiary/aromatic N) is 5. The van der Waals surface area contributed by atoms with E-state index in [9.17, 15) is 4.79 Å². The van der Waals surface area contributed by atoms with Crippen LogP contribution < -0.4 is 10.6 Å². The molecule has 5 rings (SSSR count). The molecule has 1 aromatic carbocycles. The van der Waals surface area contributed by atoms with Crippen LogP contribution in [0.5, 0.6) is 0 Å². The highest BCUT2D eigenvalue weighted by atomic mass is 19.1. The molecule has 0 unspecified atom stereocenters. The maximum atomic E-state index is 15.7. The molecule has 8 heteroatoms. The van der Waals surface area contributed by atoms with Crippen LogP contribution in [0.1, 0.15) is 28.5 Å². The van der Waals surface area contributed by atoms with Crippen LogP contribution >= 0.6 is 0 Å². The Morgan fingerprint density at radius 2 is 1.91 bits per heavy atom. The van der Waals surface area contributed by atoms with E-state index in [2.05, 4.69) is 15.0 Å². The van der Waals surface area contributed by atoms with E-state index >= 15 is 4.39 Å². The van der Waals surface area contributed by atoms with Crippen LogP contribution in [0.25, 0.3) is 16.8 Å². The Kier molecular flexibility index (Phi) is 4.65. The number of pyridine rings is 1. The van der Waals surface area contributed by atoms with Gasteiger partial charge in [-0.2, -0.15) is 0 Å². The molecule has 0 saturated heterocycles. The Bertz CT molecular complexity index is 1390. The van der Waals surface area contributed by atoms with Crippen molar-refractivity contribution < 1.29 is 9.18 Å². The summed E-state index contributed by atoms with van der Waals surface area (Å²) in [6.45, 7) is 6.02. The fourth-order valence-electron chi connectivity index (χ4n) is 4.43. The van der Waals surface area contributed by atoms with Gasteiger partial charge in [0, 0.05) is 40.9 Å². The first-order valence-corrected chi connectivity index (χ1v) is 10.5. The van der Waals surface area contributed by atoms with Gasteiger partial charge in [-0.15, -0.1) is 0 Å². The molecule has 32 heavy (non-hydrogen) atoms. The highest BCUT2D eigenvalue weighted by molar-refractivity contribution is 5.97. The molecule has 0 bridgehead atoms. The zero-order valence-electron chi connectivity index (χ0n) is 18.2. The van der Waals surface area contributed by atoms with Crippen LogP contribution in [0.3, 0.4) is 0 Å². The monoisotopic (exact) mass is 430 g/mol. The van der Waals surface area contributed by atoms with Crippen molar-refractivity contribution in [1.82, 2.24) is 19.4 Å². The third-order valence-electron chi connectivity index (χ3n) is 5.87. The first kappa shape index (κ1) is 20.1. The number of aryl methyl sites for hydroxylation is 3. The van der Waals surface area contributed by atoms with Crippen LogP contribution in [0.15, 0.2) is 36.5 Å². The van der Waals surface area contributed by atoms with Crippen molar-refractivity contribution in [3.8, 4) is 11.3 Å². The van der Waals surface area contributed by atoms with Gasteiger partial charge in [0.05, 0.1) is 12.1 Å². The number of halogens is 1. The van der Waals surface area contributed by atoms with Crippen LogP contribution in [0.2, 0.25) is 0 Å². The molecule has 4 heterocycles. The lowest BCUT2D eigenvalue weighted by Gasteiger charge is -2.18. The minimum Gasteiger partial charge on any atom is -0.382 e. The van der Waals surface area contributed by atoms with E-state index in [1.807, 2.05) is 49.6 Å². The summed E-state index contributed by atoms with van der Waals surface area (Å²) in [5.41, 5.74) is 11.0. The van der Waals surface area contributed by atoms with E-state index in [4.69, 9.17) is 5.73 Å². The number of nitrogen functional groups attached to an aromatic ring is 1. The second-order valence-corrected chi connectivity index (χ2v) is 8.16. The second kappa shape index (κ2) is 7.40. The Labute approximate surface area is 184 Å². The summed E-state index contributed by atoms with van der Waals surface area (Å²) in [6.07, 6.45) is 2.46. The number of imidazole rings is 1. The van der Waals surface area contributed by atoms with Crippen LogP contribution in [-0.4, -0.2) is 31.8 Å². The smallest absolute Gasteiger partial charge is 0.233 e. The number of amides is 1. The molecule has 1 aliphatic rings. The number of fused-ring (bicyclic) bond motifs is 2. The lowest BCUT2D eigenvalue weighted by Crippen LogP contribution is -2.30. The summed E-state index contributed by atoms with van der Waals surface area (Å²) in [5.74, 6) is 0.546. The minimum absolute atomic E-state index is 0.0961. The van der Waals surface area contributed by atoms with E-state index in [1.165, 1.54) is 0 Å². The molecule has 1 aliphatic heterocycles. The largest absolute Gasteiger partial charge is 0.382 e. The van der Waals surface area contributed by atoms with E-state index < -0.39 is 0 Å². The number of rotatable bonds is 3. The third-order valence-corrected chi connectivity index (χ3v) is 5.87. The van der Waals surface area contributed by atoms with Gasteiger partial charge < -0.3 is 10.6 Å². The van der Waals surface area contributed by atoms with Crippen LogP contribution in [0, 0.1) is 26.6 Å². The molecule has 0 atom stereocenters. The number of aromatic nitrogens is 4. The Hall–Kier alpha value is -3.81. The van der Waals surface area contributed by atoms with Gasteiger partial charge in [-0.1, -0.05) is 6.07 Å². The molecule has 0 aliphatic carbocycles. The van der Waals surface area contributed by atoms with E-state index in [0.717, 1.165) is 11.4 Å². The summed E-state index contributed by atoms with van der Waals surface area (Å²) < 4.78 is 17.5. The van der Waals surface area contributed by atoms with Crippen molar-refractivity contribution in [1.29, 1.82) is 0 Å². The average molecular weight is 430 g/mol. The molecule has 1 amide bonds. The van der Waals surface area contributed by atoms with Gasteiger partial charge in [0.25, 0.3) is 0 Å². The number of benzene rings is 1. The van der Waals surface area contributed by atoms with Crippen molar-refractivity contribution in [2.45, 2.75) is 33.6 Å². The SMILES string of the molecule is Cc1cccc(CC(=O)N2CCc3c2ccc(-c2nc(C)n4cc(C)nc(N)c24)c3F)n1. The summed E-state index contributed by atoms with van der Waals surface area (Å²) in [4.78, 5) is 27.9. The van der Waals surface area contributed by atoms with E-state index in [-0.39, 0.29) is 18.1 Å². The lowest BCUT2D eigenvalue weighted by molar-refractivity contribution is -0.117. The summed E-state index contributed by atoms with van der Waals surface area (Å²) in [7, 11) is 0. The summed E-state index contributed by atoms with van der Waals surface area (Å²) in [5, 5.41) is 0. The minimum atomic E-state index is -0.369. The molecule has 0 spiro atoms. The fourth-order valence-corrected chi connectivity index (χ4v) is 4.43. The summed E-state index contributed by atoms with van der Waals surface area (Å²) in [6, 6.07) is 9.07. The average Bonchev–Trinajstić information content (AvgIpc) is 3.31. The van der Waals surface area contributed by atoms with Crippen molar-refractivity contribution in [2.24, 2.45) is 0 Å². The topological polar surface area (TPSA) is 89.4 Å². The fraction of sp³-hybridized carbons (Fsp3) is 0.250. The van der Waals surface area contributed by atoms with Crippen LogP contribution in [0.4, 0.5) is 15.9 Å². The van der Waals surface area contributed by atoms with E-state index in [0.29, 0.717) is 58.3 Å². The number of hydrogen-bond acceptors (Lipinski definition) is 5. The lowest BCUT2D eigenvalue weighted by atomic mass is 10.0. The zero-order chi connectivity index (χ0) is 22.6. The van der Waals surface area contributed by atoms with Gasteiger partial charge >= 0.3 is 0 Å². The Morgan fingerprint density at radius 1 is 1.09 bits per heavy atom. The maximum absolute atomic E-state index is 15.7. The summed E-state index contributed by atoms with van der Waals surface area (Å²) >= 11 is 0. The van der Waals surface area contributed by atoms with Crippen molar-refractivity contribution >= 4 is 22.9 Å². The molecule has 0 radical (unpaired) electrons. The molecular formula is C24H23FN6O. The van der Waals surface area contributed by atoms with E-state index in [1.54, 1.807) is 17.0 Å². The molecule has 0 saturated carbocycles. The van der Waals surface area contributed by atoms with Crippen molar-refractivity contribution in [2.75, 3.05) is 17.2 Å². The van der Waals surface area contributed by atoms with Crippen molar-refractivity contribution in [3.63, 3.8) is 0 Å². The number of nitrogens with two attached hydrogens (primary N) is 1. The second-order valence-electron chi connectivity index (χ2n) is 8.16. The predicted molar refractivity (Wildman–Crippen MR) is 121 cm³/mol. The highest BCUT2D eigenvalue weighted by Gasteiger charge is 2.30. The van der Waals surface area contributed by atoms with Crippen molar-refractivity contribution in [3.05, 3.63) is 70.8 Å². The number of carbonyl (C=O) groups is 1. The third kappa shape index (κ3) is 3.19. The predicted octanol–water partition coefficient (Wildman–Crippen LogP) is 3.57. The van der Waals surface area contributed by atoms with Gasteiger partial charge in [0.1, 0.15) is 28.7 Å². The van der Waals surface area contributed by atoms with Gasteiger partial charge in [0.15, 0.2) is 0 Å². The molecule has 2 N–H and O–H groups in total. The molecule has 0 fully saturated rings. The number of hydrogen-bond donors (Lipinski definition) is 1. The quantitative estimate of drug-likeness (QED) is 0.537. The zero-order valence-corrected chi connectivity index (χ0v) is 18.2. The standard InChI is InChI=1S/C24H23FN6O/c1-13-5-4-6-16(27-13)11-20(32)30-10-9-17-19(30)8-7-18(21(17)25)22-23-24(26)28-14(2)12-31(23)15(3)29-22/h4-8,12H,9-11H2,1-3H3,(H2,26,28). The van der Waals surface area contributed by atoms with Crippen LogP contribution in [-0.2, 0) is 17.6 Å². The molecule has 162 valence electrons. The van der Waals surface area contributed by atoms with Gasteiger partial charge in [-0.3, -0.25) is 14.2 Å². The first-order valence-electron chi connectivity index (χ1n) is 10.5. The Morgan fingerprint density at radius 3 is 2.69 bits per heavy atom.